The van der Waals surface area contributed by atoms with Crippen molar-refractivity contribution in [3.05, 3.63) is 10.6 Å². The highest BCUT2D eigenvalue weighted by Crippen LogP contribution is 1.93. The summed E-state index contributed by atoms with van der Waals surface area (Å²) in [6.45, 7) is 5.78. The largest absolute Gasteiger partial charge is 0.288 e. The molecule has 0 amide bonds. The van der Waals surface area contributed by atoms with Gasteiger partial charge in [0.05, 0.1) is 6.67 Å². The van der Waals surface area contributed by atoms with Crippen molar-refractivity contribution in [3.8, 4) is 0 Å². The van der Waals surface area contributed by atoms with Gasteiger partial charge in [-0.2, -0.15) is 0 Å². The molecule has 0 unspecified atom stereocenters. The Morgan fingerprint density at radius 1 is 1.67 bits per heavy atom. The maximum Gasteiger partial charge on any atom is 0.217 e. The molecule has 5 heteroatoms. The molecule has 0 aliphatic heterocycles. The van der Waals surface area contributed by atoms with Crippen LogP contribution in [0.3, 0.4) is 0 Å². The number of aromatic amines is 1. The maximum absolute atomic E-state index is 5.03. The maximum atomic E-state index is 5.03. The van der Waals surface area contributed by atoms with E-state index < -0.39 is 0 Å². The van der Waals surface area contributed by atoms with E-state index in [0.717, 1.165) is 19.0 Å². The number of hydrogen-bond acceptors (Lipinski definition) is 3. The summed E-state index contributed by atoms with van der Waals surface area (Å²) in [4.78, 5) is 6.24. The fraction of sp³-hybridized carbons (Fsp3) is 0.714. The molecule has 0 radical (unpaired) electrons. The lowest BCUT2D eigenvalue weighted by Crippen LogP contribution is -2.22. The van der Waals surface area contributed by atoms with Crippen molar-refractivity contribution in [2.45, 2.75) is 20.5 Å². The van der Waals surface area contributed by atoms with Gasteiger partial charge in [0.25, 0.3) is 0 Å². The molecule has 12 heavy (non-hydrogen) atoms. The number of aromatic nitrogens is 3. The van der Waals surface area contributed by atoms with Crippen LogP contribution in [0.25, 0.3) is 0 Å². The van der Waals surface area contributed by atoms with Gasteiger partial charge < -0.3 is 0 Å². The first-order valence-electron chi connectivity index (χ1n) is 3.95. The fourth-order valence-corrected chi connectivity index (χ4v) is 1.15. The molecule has 0 aromatic carbocycles. The number of nitrogens with zero attached hydrogens (tertiary/aromatic N) is 3. The van der Waals surface area contributed by atoms with Gasteiger partial charge in [0.1, 0.15) is 5.82 Å². The minimum Gasteiger partial charge on any atom is -0.288 e. The molecule has 1 N–H and O–H groups in total. The summed E-state index contributed by atoms with van der Waals surface area (Å²) in [7, 11) is 2.04. The summed E-state index contributed by atoms with van der Waals surface area (Å²) >= 11 is 5.03. The summed E-state index contributed by atoms with van der Waals surface area (Å²) < 4.78 is 2.47. The lowest BCUT2D eigenvalue weighted by molar-refractivity contribution is 0.264. The summed E-state index contributed by atoms with van der Waals surface area (Å²) in [5.74, 6) is 0.865. The van der Waals surface area contributed by atoms with Crippen LogP contribution < -0.4 is 0 Å². The van der Waals surface area contributed by atoms with Gasteiger partial charge in [-0.25, -0.2) is 9.67 Å². The van der Waals surface area contributed by atoms with E-state index in [1.807, 2.05) is 18.7 Å². The summed E-state index contributed by atoms with van der Waals surface area (Å²) in [5.41, 5.74) is 0. The molecule has 0 spiro atoms. The van der Waals surface area contributed by atoms with E-state index in [1.54, 1.807) is 0 Å². The number of nitrogens with one attached hydrogen (secondary N) is 1. The van der Waals surface area contributed by atoms with Gasteiger partial charge in [0.2, 0.25) is 4.77 Å². The predicted molar refractivity (Wildman–Crippen MR) is 50.5 cm³/mol. The molecule has 1 rings (SSSR count). The number of rotatable bonds is 3. The molecule has 1 heterocycles. The van der Waals surface area contributed by atoms with Gasteiger partial charge in [-0.05, 0) is 32.7 Å². The molecule has 1 aromatic heterocycles. The van der Waals surface area contributed by atoms with Gasteiger partial charge in [-0.1, -0.05) is 6.92 Å². The van der Waals surface area contributed by atoms with Crippen molar-refractivity contribution in [1.82, 2.24) is 19.7 Å². The van der Waals surface area contributed by atoms with E-state index in [4.69, 9.17) is 12.2 Å². The standard InChI is InChI=1S/C7H14N4S/c1-4-10(3)5-11-7(12)8-6(2)9-11/h4-5H2,1-3H3,(H,8,9,12). The zero-order valence-electron chi connectivity index (χ0n) is 7.66. The lowest BCUT2D eigenvalue weighted by Gasteiger charge is -2.13. The van der Waals surface area contributed by atoms with Crippen LogP contribution in [-0.4, -0.2) is 33.3 Å². The van der Waals surface area contributed by atoms with E-state index in [-0.39, 0.29) is 0 Å². The SMILES string of the molecule is CCN(C)Cn1[nH]c(C)nc1=S. The molecule has 0 saturated heterocycles. The molecule has 0 fully saturated rings. The highest BCUT2D eigenvalue weighted by Gasteiger charge is 1.99. The van der Waals surface area contributed by atoms with Gasteiger partial charge in [0.15, 0.2) is 0 Å². The third kappa shape index (κ3) is 2.15. The Morgan fingerprint density at radius 3 is 2.75 bits per heavy atom. The molecule has 0 atom stereocenters. The van der Waals surface area contributed by atoms with Crippen LogP contribution in [0.4, 0.5) is 0 Å². The van der Waals surface area contributed by atoms with Crippen LogP contribution in [0.1, 0.15) is 12.7 Å². The average molecular weight is 186 g/mol. The molecule has 0 saturated carbocycles. The second-order valence-corrected chi connectivity index (χ2v) is 3.20. The normalized spacial score (nSPS) is 11.0. The Hall–Kier alpha value is -0.680. The van der Waals surface area contributed by atoms with Crippen LogP contribution in [0.5, 0.6) is 0 Å². The second-order valence-electron chi connectivity index (χ2n) is 2.83. The zero-order chi connectivity index (χ0) is 9.14. The van der Waals surface area contributed by atoms with E-state index in [1.165, 1.54) is 0 Å². The van der Waals surface area contributed by atoms with Gasteiger partial charge >= 0.3 is 0 Å². The first-order valence-corrected chi connectivity index (χ1v) is 4.36. The molecule has 68 valence electrons. The number of aryl methyl sites for hydroxylation is 1. The van der Waals surface area contributed by atoms with Crippen LogP contribution in [0.15, 0.2) is 0 Å². The Balaban J connectivity index is 2.75. The van der Waals surface area contributed by atoms with Crippen molar-refractivity contribution in [1.29, 1.82) is 0 Å². The summed E-state index contributed by atoms with van der Waals surface area (Å²) in [6.07, 6.45) is 0. The summed E-state index contributed by atoms with van der Waals surface area (Å²) in [6, 6.07) is 0. The van der Waals surface area contributed by atoms with Crippen LogP contribution in [-0.2, 0) is 6.67 Å². The van der Waals surface area contributed by atoms with Crippen molar-refractivity contribution in [3.63, 3.8) is 0 Å². The Bertz CT molecular complexity index is 301. The molecule has 1 aromatic rings. The Morgan fingerprint density at radius 2 is 2.33 bits per heavy atom. The first-order chi connectivity index (χ1) is 5.63. The second kappa shape index (κ2) is 3.82. The van der Waals surface area contributed by atoms with Crippen molar-refractivity contribution < 1.29 is 0 Å². The van der Waals surface area contributed by atoms with Crippen molar-refractivity contribution in [2.75, 3.05) is 13.6 Å². The molecule has 4 nitrogen and oxygen atoms in total. The van der Waals surface area contributed by atoms with E-state index in [9.17, 15) is 0 Å². The topological polar surface area (TPSA) is 36.9 Å². The molecule has 0 aliphatic carbocycles. The van der Waals surface area contributed by atoms with E-state index >= 15 is 0 Å². The Kier molecular flexibility index (Phi) is 2.99. The van der Waals surface area contributed by atoms with Crippen molar-refractivity contribution in [2.24, 2.45) is 0 Å². The predicted octanol–water partition coefficient (Wildman–Crippen LogP) is 1.16. The average Bonchev–Trinajstić information content (AvgIpc) is 2.30. The van der Waals surface area contributed by atoms with Crippen LogP contribution >= 0.6 is 12.2 Å². The number of hydrogen-bond donors (Lipinski definition) is 1. The lowest BCUT2D eigenvalue weighted by atomic mass is 10.7. The third-order valence-corrected chi connectivity index (χ3v) is 2.03. The quantitative estimate of drug-likeness (QED) is 0.720. The molecular formula is C7H14N4S. The number of H-pyrrole nitrogens is 1. The van der Waals surface area contributed by atoms with Crippen LogP contribution in [0.2, 0.25) is 0 Å². The Labute approximate surface area is 77.2 Å². The summed E-state index contributed by atoms with van der Waals surface area (Å²) in [5, 5.41) is 3.07. The highest BCUT2D eigenvalue weighted by molar-refractivity contribution is 7.71. The monoisotopic (exact) mass is 186 g/mol. The fourth-order valence-electron chi connectivity index (χ4n) is 0.909. The van der Waals surface area contributed by atoms with E-state index in [2.05, 4.69) is 21.9 Å². The molecule has 0 bridgehead atoms. The minimum atomic E-state index is 0.618. The minimum absolute atomic E-state index is 0.618. The molecular weight excluding hydrogens is 172 g/mol. The van der Waals surface area contributed by atoms with Crippen LogP contribution in [0, 0.1) is 11.7 Å². The van der Waals surface area contributed by atoms with Crippen molar-refractivity contribution >= 4 is 12.2 Å². The van der Waals surface area contributed by atoms with E-state index in [0.29, 0.717) is 4.77 Å². The van der Waals surface area contributed by atoms with Gasteiger partial charge in [0, 0.05) is 0 Å². The smallest absolute Gasteiger partial charge is 0.217 e. The first kappa shape index (κ1) is 9.41. The van der Waals surface area contributed by atoms with Gasteiger partial charge in [-0.3, -0.25) is 10.00 Å². The molecule has 0 aliphatic rings. The zero-order valence-corrected chi connectivity index (χ0v) is 8.48. The van der Waals surface area contributed by atoms with Gasteiger partial charge in [-0.15, -0.1) is 0 Å². The third-order valence-electron chi connectivity index (χ3n) is 1.71. The highest BCUT2D eigenvalue weighted by atomic mass is 32.1.